The van der Waals surface area contributed by atoms with Gasteiger partial charge in [0.1, 0.15) is 22.7 Å². The molecule has 0 N–H and O–H groups in total. The maximum atomic E-state index is 13.8. The SMILES string of the molecule is Cc1ccc(-c2nnc(Sc3ncnc4c(F)cccc34)o2)cc1. The molecule has 0 aliphatic carbocycles. The summed E-state index contributed by atoms with van der Waals surface area (Å²) >= 11 is 1.19. The lowest BCUT2D eigenvalue weighted by atomic mass is 10.1. The van der Waals surface area contributed by atoms with Crippen molar-refractivity contribution >= 4 is 22.7 Å². The summed E-state index contributed by atoms with van der Waals surface area (Å²) < 4.78 is 19.5. The first kappa shape index (κ1) is 14.8. The number of aromatic nitrogens is 4. The molecule has 24 heavy (non-hydrogen) atoms. The van der Waals surface area contributed by atoms with Gasteiger partial charge < -0.3 is 4.42 Å². The second kappa shape index (κ2) is 6.01. The summed E-state index contributed by atoms with van der Waals surface area (Å²) in [4.78, 5) is 8.17. The lowest BCUT2D eigenvalue weighted by molar-refractivity contribution is 0.465. The molecule has 2 aromatic carbocycles. The number of fused-ring (bicyclic) bond motifs is 1. The number of rotatable bonds is 3. The first-order valence-electron chi connectivity index (χ1n) is 7.18. The van der Waals surface area contributed by atoms with Crippen molar-refractivity contribution in [3.8, 4) is 11.5 Å². The van der Waals surface area contributed by atoms with Crippen LogP contribution in [0.25, 0.3) is 22.4 Å². The lowest BCUT2D eigenvalue weighted by Crippen LogP contribution is -1.89. The number of para-hydroxylation sites is 1. The van der Waals surface area contributed by atoms with E-state index in [4.69, 9.17) is 4.42 Å². The van der Waals surface area contributed by atoms with Gasteiger partial charge in [0.25, 0.3) is 5.22 Å². The van der Waals surface area contributed by atoms with Gasteiger partial charge in [-0.25, -0.2) is 14.4 Å². The van der Waals surface area contributed by atoms with Crippen LogP contribution in [0.3, 0.4) is 0 Å². The molecule has 4 rings (SSSR count). The Hall–Kier alpha value is -2.80. The van der Waals surface area contributed by atoms with E-state index in [0.29, 0.717) is 21.5 Å². The van der Waals surface area contributed by atoms with Gasteiger partial charge >= 0.3 is 0 Å². The summed E-state index contributed by atoms with van der Waals surface area (Å²) in [7, 11) is 0. The highest BCUT2D eigenvalue weighted by Crippen LogP contribution is 2.32. The highest BCUT2D eigenvalue weighted by atomic mass is 32.2. The summed E-state index contributed by atoms with van der Waals surface area (Å²) in [6.45, 7) is 2.01. The summed E-state index contributed by atoms with van der Waals surface area (Å²) in [6, 6.07) is 12.6. The van der Waals surface area contributed by atoms with Crippen molar-refractivity contribution in [2.45, 2.75) is 17.2 Å². The van der Waals surface area contributed by atoms with E-state index in [-0.39, 0.29) is 11.3 Å². The van der Waals surface area contributed by atoms with Gasteiger partial charge in [0.2, 0.25) is 5.89 Å². The highest BCUT2D eigenvalue weighted by Gasteiger charge is 2.14. The molecule has 0 atom stereocenters. The van der Waals surface area contributed by atoms with Crippen LogP contribution in [-0.4, -0.2) is 20.2 Å². The molecule has 0 aliphatic rings. The zero-order chi connectivity index (χ0) is 16.5. The van der Waals surface area contributed by atoms with Gasteiger partial charge in [0, 0.05) is 10.9 Å². The fourth-order valence-electron chi connectivity index (χ4n) is 2.26. The van der Waals surface area contributed by atoms with Crippen LogP contribution in [-0.2, 0) is 0 Å². The smallest absolute Gasteiger partial charge is 0.283 e. The van der Waals surface area contributed by atoms with Crippen molar-refractivity contribution in [1.29, 1.82) is 0 Å². The topological polar surface area (TPSA) is 64.7 Å². The summed E-state index contributed by atoms with van der Waals surface area (Å²) in [5.41, 5.74) is 2.27. The minimum atomic E-state index is -0.386. The molecule has 0 saturated heterocycles. The highest BCUT2D eigenvalue weighted by molar-refractivity contribution is 7.99. The molecule has 0 spiro atoms. The molecule has 0 bridgehead atoms. The second-order valence-corrected chi connectivity index (χ2v) is 6.10. The van der Waals surface area contributed by atoms with Gasteiger partial charge in [-0.15, -0.1) is 10.2 Å². The number of hydrogen-bond donors (Lipinski definition) is 0. The van der Waals surface area contributed by atoms with Crippen molar-refractivity contribution in [2.75, 3.05) is 0 Å². The molecule has 5 nitrogen and oxygen atoms in total. The van der Waals surface area contributed by atoms with E-state index < -0.39 is 0 Å². The maximum Gasteiger partial charge on any atom is 0.283 e. The molecule has 0 saturated carbocycles. The minimum absolute atomic E-state index is 0.272. The van der Waals surface area contributed by atoms with Crippen LogP contribution >= 0.6 is 11.8 Å². The third-order valence-electron chi connectivity index (χ3n) is 3.47. The van der Waals surface area contributed by atoms with Gasteiger partial charge in [-0.1, -0.05) is 23.8 Å². The minimum Gasteiger partial charge on any atom is -0.411 e. The third-order valence-corrected chi connectivity index (χ3v) is 4.33. The number of benzene rings is 2. The quantitative estimate of drug-likeness (QED) is 0.520. The van der Waals surface area contributed by atoms with Gasteiger partial charge in [0.05, 0.1) is 0 Å². The largest absolute Gasteiger partial charge is 0.411 e. The Labute approximate surface area is 141 Å². The predicted molar refractivity (Wildman–Crippen MR) is 88.1 cm³/mol. The van der Waals surface area contributed by atoms with E-state index >= 15 is 0 Å². The van der Waals surface area contributed by atoms with Crippen LogP contribution in [0.5, 0.6) is 0 Å². The number of halogens is 1. The molecule has 118 valence electrons. The molecule has 7 heteroatoms. The molecular formula is C17H11FN4OS. The predicted octanol–water partition coefficient (Wildman–Crippen LogP) is 4.28. The van der Waals surface area contributed by atoms with Crippen molar-refractivity contribution in [3.63, 3.8) is 0 Å². The molecule has 0 aliphatic heterocycles. The monoisotopic (exact) mass is 338 g/mol. The first-order chi connectivity index (χ1) is 11.7. The van der Waals surface area contributed by atoms with E-state index in [9.17, 15) is 4.39 Å². The van der Waals surface area contributed by atoms with Gasteiger partial charge in [-0.3, -0.25) is 0 Å². The van der Waals surface area contributed by atoms with E-state index in [1.54, 1.807) is 12.1 Å². The van der Waals surface area contributed by atoms with Crippen LogP contribution in [0.1, 0.15) is 5.56 Å². The van der Waals surface area contributed by atoms with Crippen LogP contribution < -0.4 is 0 Å². The zero-order valence-corrected chi connectivity index (χ0v) is 13.4. The molecule has 0 radical (unpaired) electrons. The Bertz CT molecular complexity index is 1020. The van der Waals surface area contributed by atoms with E-state index in [2.05, 4.69) is 20.2 Å². The molecule has 2 heterocycles. The number of aryl methyl sites for hydroxylation is 1. The van der Waals surface area contributed by atoms with Crippen LogP contribution in [0.4, 0.5) is 4.39 Å². The average Bonchev–Trinajstić information content (AvgIpc) is 3.05. The average molecular weight is 338 g/mol. The Morgan fingerprint density at radius 2 is 1.83 bits per heavy atom. The van der Waals surface area contributed by atoms with Crippen molar-refractivity contribution in [1.82, 2.24) is 20.2 Å². The third kappa shape index (κ3) is 2.74. The Balaban J connectivity index is 1.67. The fraction of sp³-hybridized carbons (Fsp3) is 0.0588. The normalized spacial score (nSPS) is 11.1. The van der Waals surface area contributed by atoms with E-state index in [0.717, 1.165) is 11.1 Å². The molecule has 0 fully saturated rings. The molecule has 4 aromatic rings. The first-order valence-corrected chi connectivity index (χ1v) is 8.00. The van der Waals surface area contributed by atoms with Gasteiger partial charge in [-0.2, -0.15) is 0 Å². The van der Waals surface area contributed by atoms with Crippen molar-refractivity contribution < 1.29 is 8.81 Å². The Kier molecular flexibility index (Phi) is 3.70. The van der Waals surface area contributed by atoms with Crippen molar-refractivity contribution in [2.24, 2.45) is 0 Å². The maximum absolute atomic E-state index is 13.8. The second-order valence-electron chi connectivity index (χ2n) is 5.16. The number of nitrogens with zero attached hydrogens (tertiary/aromatic N) is 4. The molecule has 0 amide bonds. The summed E-state index contributed by atoms with van der Waals surface area (Å²) in [6.07, 6.45) is 1.32. The molecule has 0 unspecified atom stereocenters. The fourth-order valence-corrected chi connectivity index (χ4v) is 3.00. The van der Waals surface area contributed by atoms with Gasteiger partial charge in [0.15, 0.2) is 0 Å². The van der Waals surface area contributed by atoms with Crippen LogP contribution in [0.15, 0.2) is 63.5 Å². The summed E-state index contributed by atoms with van der Waals surface area (Å²) in [5.74, 6) is 0.0460. The van der Waals surface area contributed by atoms with E-state index in [1.807, 2.05) is 31.2 Å². The Morgan fingerprint density at radius 3 is 2.67 bits per heavy atom. The van der Waals surface area contributed by atoms with Crippen molar-refractivity contribution in [3.05, 3.63) is 60.2 Å². The molecule has 2 aromatic heterocycles. The van der Waals surface area contributed by atoms with Crippen LogP contribution in [0.2, 0.25) is 0 Å². The molecular weight excluding hydrogens is 327 g/mol. The van der Waals surface area contributed by atoms with Gasteiger partial charge in [-0.05, 0) is 43.0 Å². The summed E-state index contributed by atoms with van der Waals surface area (Å²) in [5, 5.41) is 9.61. The van der Waals surface area contributed by atoms with Crippen LogP contribution in [0, 0.1) is 12.7 Å². The lowest BCUT2D eigenvalue weighted by Gasteiger charge is -2.02. The Morgan fingerprint density at radius 1 is 1.00 bits per heavy atom. The van der Waals surface area contributed by atoms with E-state index in [1.165, 1.54) is 24.2 Å². The standard InChI is InChI=1S/C17H11FN4OS/c1-10-5-7-11(8-6-10)15-21-22-17(23-15)24-16-12-3-2-4-13(18)14(12)19-9-20-16/h2-9H,1H3. The zero-order valence-electron chi connectivity index (χ0n) is 12.6. The number of hydrogen-bond acceptors (Lipinski definition) is 6.